The SMILES string of the molecule is N#Cc1ccc2sc3c(-n4c5ccccc5c5cc(-n6c7ccccc7c7cc(C#N)ccc76)ccc54)cccc3c2c1. The largest absolute Gasteiger partial charge is 0.309 e. The van der Waals surface area contributed by atoms with Crippen LogP contribution in [0.15, 0.2) is 121 Å². The Hall–Kier alpha value is -5.88. The van der Waals surface area contributed by atoms with E-state index in [0.29, 0.717) is 11.1 Å². The summed E-state index contributed by atoms with van der Waals surface area (Å²) in [6.45, 7) is 0. The molecule has 0 aliphatic carbocycles. The molecule has 0 fully saturated rings. The molecule has 0 unspecified atom stereocenters. The highest BCUT2D eigenvalue weighted by molar-refractivity contribution is 7.26. The van der Waals surface area contributed by atoms with Crippen molar-refractivity contribution < 1.29 is 0 Å². The van der Waals surface area contributed by atoms with Gasteiger partial charge >= 0.3 is 0 Å². The first-order valence-electron chi connectivity index (χ1n) is 14.1. The molecule has 3 aromatic heterocycles. The van der Waals surface area contributed by atoms with Crippen LogP contribution >= 0.6 is 11.3 Å². The van der Waals surface area contributed by atoms with Crippen molar-refractivity contribution in [2.24, 2.45) is 0 Å². The van der Waals surface area contributed by atoms with Gasteiger partial charge in [0.2, 0.25) is 0 Å². The molecule has 0 N–H and O–H groups in total. The predicted octanol–water partition coefficient (Wildman–Crippen LogP) is 9.99. The van der Waals surface area contributed by atoms with E-state index in [-0.39, 0.29) is 0 Å². The average Bonchev–Trinajstić information content (AvgIpc) is 3.71. The van der Waals surface area contributed by atoms with Crippen LogP contribution < -0.4 is 0 Å². The van der Waals surface area contributed by atoms with Crippen molar-refractivity contribution in [1.82, 2.24) is 9.13 Å². The molecular formula is C38H20N4S. The zero-order valence-electron chi connectivity index (χ0n) is 22.7. The van der Waals surface area contributed by atoms with E-state index in [1.165, 1.54) is 25.6 Å². The highest BCUT2D eigenvalue weighted by atomic mass is 32.1. The summed E-state index contributed by atoms with van der Waals surface area (Å²) in [4.78, 5) is 0. The summed E-state index contributed by atoms with van der Waals surface area (Å²) < 4.78 is 7.06. The topological polar surface area (TPSA) is 57.4 Å². The van der Waals surface area contributed by atoms with Crippen molar-refractivity contribution in [1.29, 1.82) is 10.5 Å². The molecule has 0 saturated carbocycles. The minimum absolute atomic E-state index is 0.660. The van der Waals surface area contributed by atoms with Crippen molar-refractivity contribution in [2.45, 2.75) is 0 Å². The van der Waals surface area contributed by atoms with Gasteiger partial charge in [0.05, 0.1) is 55.7 Å². The molecule has 9 rings (SSSR count). The zero-order valence-corrected chi connectivity index (χ0v) is 23.6. The number of hydrogen-bond acceptors (Lipinski definition) is 3. The maximum absolute atomic E-state index is 9.57. The van der Waals surface area contributed by atoms with Crippen molar-refractivity contribution >= 4 is 75.1 Å². The van der Waals surface area contributed by atoms with Gasteiger partial charge < -0.3 is 9.13 Å². The van der Waals surface area contributed by atoms with Crippen molar-refractivity contribution in [3.63, 3.8) is 0 Å². The van der Waals surface area contributed by atoms with Crippen LogP contribution in [0.1, 0.15) is 11.1 Å². The van der Waals surface area contributed by atoms with E-state index in [9.17, 15) is 10.5 Å². The number of hydrogen-bond donors (Lipinski definition) is 0. The number of nitriles is 2. The lowest BCUT2D eigenvalue weighted by molar-refractivity contribution is 1.17. The summed E-state index contributed by atoms with van der Waals surface area (Å²) in [6.07, 6.45) is 0. The Morgan fingerprint density at radius 3 is 1.81 bits per heavy atom. The van der Waals surface area contributed by atoms with E-state index in [0.717, 1.165) is 49.6 Å². The Bertz CT molecular complexity index is 2710. The van der Waals surface area contributed by atoms with Gasteiger partial charge in [-0.1, -0.05) is 48.5 Å². The highest BCUT2D eigenvalue weighted by Crippen LogP contribution is 2.42. The maximum Gasteiger partial charge on any atom is 0.0991 e. The van der Waals surface area contributed by atoms with Crippen LogP contribution in [-0.4, -0.2) is 9.13 Å². The number of benzene rings is 6. The molecular weight excluding hydrogens is 545 g/mol. The monoisotopic (exact) mass is 564 g/mol. The van der Waals surface area contributed by atoms with E-state index >= 15 is 0 Å². The molecule has 3 heterocycles. The number of para-hydroxylation sites is 2. The van der Waals surface area contributed by atoms with Gasteiger partial charge in [-0.15, -0.1) is 11.3 Å². The minimum atomic E-state index is 0.660. The summed E-state index contributed by atoms with van der Waals surface area (Å²) in [5.41, 5.74) is 8.03. The Kier molecular flexibility index (Phi) is 4.87. The van der Waals surface area contributed by atoms with Crippen molar-refractivity contribution in [2.75, 3.05) is 0 Å². The Labute approximate surface area is 250 Å². The van der Waals surface area contributed by atoms with Crippen LogP contribution in [0.5, 0.6) is 0 Å². The lowest BCUT2D eigenvalue weighted by Gasteiger charge is -2.11. The van der Waals surface area contributed by atoms with Crippen LogP contribution in [0.25, 0.3) is 75.2 Å². The summed E-state index contributed by atoms with van der Waals surface area (Å²) in [7, 11) is 0. The quantitative estimate of drug-likeness (QED) is 0.210. The second kappa shape index (κ2) is 8.81. The predicted molar refractivity (Wildman–Crippen MR) is 177 cm³/mol. The van der Waals surface area contributed by atoms with E-state index in [2.05, 4.69) is 118 Å². The fourth-order valence-corrected chi connectivity index (χ4v) is 7.90. The van der Waals surface area contributed by atoms with E-state index in [1.807, 2.05) is 24.3 Å². The van der Waals surface area contributed by atoms with Crippen LogP contribution in [-0.2, 0) is 0 Å². The average molecular weight is 565 g/mol. The molecule has 0 aliphatic rings. The smallest absolute Gasteiger partial charge is 0.0991 e. The van der Waals surface area contributed by atoms with Crippen LogP contribution in [0.3, 0.4) is 0 Å². The number of nitrogens with zero attached hydrogens (tertiary/aromatic N) is 4. The van der Waals surface area contributed by atoms with Gasteiger partial charge in [-0.2, -0.15) is 10.5 Å². The maximum atomic E-state index is 9.57. The Morgan fingerprint density at radius 1 is 0.465 bits per heavy atom. The van der Waals surface area contributed by atoms with Crippen LogP contribution in [0, 0.1) is 22.7 Å². The number of rotatable bonds is 2. The first-order chi connectivity index (χ1) is 21.2. The standard InChI is InChI=1S/C38H20N4S/c39-21-23-12-15-34-29(18-23)26-6-1-3-9-32(26)41(34)25-14-16-35-30(20-25)27-7-2-4-10-33(27)42(35)36-11-5-8-28-31-19-24(22-40)13-17-37(31)43-38(28)36/h1-20H. The highest BCUT2D eigenvalue weighted by Gasteiger charge is 2.19. The fourth-order valence-electron chi connectivity index (χ4n) is 6.71. The molecule has 0 bridgehead atoms. The first-order valence-corrected chi connectivity index (χ1v) is 14.9. The second-order valence-corrected chi connectivity index (χ2v) is 11.9. The molecule has 0 spiro atoms. The van der Waals surface area contributed by atoms with Gasteiger partial charge in [0.1, 0.15) is 0 Å². The van der Waals surface area contributed by atoms with E-state index in [4.69, 9.17) is 0 Å². The van der Waals surface area contributed by atoms with E-state index < -0.39 is 0 Å². The molecule has 9 aromatic rings. The van der Waals surface area contributed by atoms with E-state index in [1.54, 1.807) is 11.3 Å². The molecule has 0 atom stereocenters. The number of aromatic nitrogens is 2. The molecule has 0 amide bonds. The summed E-state index contributed by atoms with van der Waals surface area (Å²) in [5, 5.41) is 25.9. The summed E-state index contributed by atoms with van der Waals surface area (Å²) in [6, 6.07) is 46.7. The Morgan fingerprint density at radius 2 is 1.05 bits per heavy atom. The van der Waals surface area contributed by atoms with Crippen LogP contribution in [0.2, 0.25) is 0 Å². The molecule has 5 heteroatoms. The van der Waals surface area contributed by atoms with Crippen LogP contribution in [0.4, 0.5) is 0 Å². The van der Waals surface area contributed by atoms with Gasteiger partial charge in [-0.05, 0) is 72.8 Å². The number of thiophene rings is 1. The third-order valence-corrected chi connectivity index (χ3v) is 9.77. The van der Waals surface area contributed by atoms with Crippen molar-refractivity contribution in [3.05, 3.63) is 132 Å². The normalized spacial score (nSPS) is 11.7. The zero-order chi connectivity index (χ0) is 28.7. The molecule has 6 aromatic carbocycles. The molecule has 0 saturated heterocycles. The third-order valence-electron chi connectivity index (χ3n) is 8.56. The first kappa shape index (κ1) is 23.8. The molecule has 43 heavy (non-hydrogen) atoms. The second-order valence-electron chi connectivity index (χ2n) is 10.8. The van der Waals surface area contributed by atoms with Gasteiger partial charge in [0.15, 0.2) is 0 Å². The Balaban J connectivity index is 1.35. The van der Waals surface area contributed by atoms with Gasteiger partial charge in [-0.3, -0.25) is 0 Å². The lowest BCUT2D eigenvalue weighted by Crippen LogP contribution is -1.96. The fraction of sp³-hybridized carbons (Fsp3) is 0. The summed E-state index contributed by atoms with van der Waals surface area (Å²) in [5.74, 6) is 0. The number of fused-ring (bicyclic) bond motifs is 9. The molecule has 198 valence electrons. The molecule has 0 aliphatic heterocycles. The third kappa shape index (κ3) is 3.29. The van der Waals surface area contributed by atoms with Gasteiger partial charge in [0, 0.05) is 42.7 Å². The van der Waals surface area contributed by atoms with Gasteiger partial charge in [0.25, 0.3) is 0 Å². The molecule has 0 radical (unpaired) electrons. The summed E-state index contributed by atoms with van der Waals surface area (Å²) >= 11 is 1.77. The minimum Gasteiger partial charge on any atom is -0.309 e. The van der Waals surface area contributed by atoms with Crippen molar-refractivity contribution in [3.8, 4) is 23.5 Å². The van der Waals surface area contributed by atoms with Gasteiger partial charge in [-0.25, -0.2) is 0 Å². The lowest BCUT2D eigenvalue weighted by atomic mass is 10.1. The molecule has 4 nitrogen and oxygen atoms in total.